The molecule has 2 aliphatic heterocycles. The van der Waals surface area contributed by atoms with Gasteiger partial charge in [0.05, 0.1) is 11.6 Å². The first-order chi connectivity index (χ1) is 8.80. The third-order valence-corrected chi connectivity index (χ3v) is 4.34. The summed E-state index contributed by atoms with van der Waals surface area (Å²) in [7, 11) is 0. The quantitative estimate of drug-likeness (QED) is 0.857. The normalized spacial score (nSPS) is 27.7. The van der Waals surface area contributed by atoms with Crippen LogP contribution < -0.4 is 5.32 Å². The molecule has 2 saturated heterocycles. The minimum atomic E-state index is 0.548. The molecule has 2 aliphatic rings. The van der Waals surface area contributed by atoms with Gasteiger partial charge in [-0.05, 0) is 49.0 Å². The van der Waals surface area contributed by atoms with Crippen LogP contribution in [0.1, 0.15) is 24.0 Å². The first-order valence-corrected chi connectivity index (χ1v) is 6.72. The zero-order valence-electron chi connectivity index (χ0n) is 10.7. The largest absolute Gasteiger partial charge is 0.316 e. The molecule has 0 aromatic heterocycles. The summed E-state index contributed by atoms with van der Waals surface area (Å²) >= 11 is 0. The molecule has 3 nitrogen and oxygen atoms in total. The molecule has 18 heavy (non-hydrogen) atoms. The lowest BCUT2D eigenvalue weighted by atomic mass is 9.86. The van der Waals surface area contributed by atoms with Gasteiger partial charge in [0, 0.05) is 19.6 Å². The Bertz CT molecular complexity index is 452. The number of hydrogen-bond donors (Lipinski definition) is 1. The average molecular weight is 241 g/mol. The van der Waals surface area contributed by atoms with Gasteiger partial charge in [-0.2, -0.15) is 5.26 Å². The van der Waals surface area contributed by atoms with Crippen molar-refractivity contribution in [3.05, 3.63) is 35.4 Å². The predicted octanol–water partition coefficient (Wildman–Crippen LogP) is 1.74. The minimum Gasteiger partial charge on any atom is -0.316 e. The molecule has 3 rings (SSSR count). The SMILES string of the molecule is N#Cc1ccc(CN2CCC3(CCNC3)C2)cc1. The molecule has 0 amide bonds. The lowest BCUT2D eigenvalue weighted by Crippen LogP contribution is -2.28. The van der Waals surface area contributed by atoms with Crippen molar-refractivity contribution in [2.24, 2.45) is 5.41 Å². The molecule has 1 aromatic rings. The Hall–Kier alpha value is -1.37. The van der Waals surface area contributed by atoms with E-state index in [9.17, 15) is 0 Å². The maximum absolute atomic E-state index is 8.78. The minimum absolute atomic E-state index is 0.548. The lowest BCUT2D eigenvalue weighted by Gasteiger charge is -2.22. The van der Waals surface area contributed by atoms with Crippen LogP contribution in [0.2, 0.25) is 0 Å². The number of hydrogen-bond acceptors (Lipinski definition) is 3. The topological polar surface area (TPSA) is 39.1 Å². The van der Waals surface area contributed by atoms with Crippen molar-refractivity contribution in [1.29, 1.82) is 5.26 Å². The molecule has 0 bridgehead atoms. The Morgan fingerprint density at radius 1 is 1.28 bits per heavy atom. The van der Waals surface area contributed by atoms with Crippen molar-refractivity contribution >= 4 is 0 Å². The summed E-state index contributed by atoms with van der Waals surface area (Å²) in [5.41, 5.74) is 2.61. The van der Waals surface area contributed by atoms with Crippen LogP contribution in [0.5, 0.6) is 0 Å². The Kier molecular flexibility index (Phi) is 3.07. The summed E-state index contributed by atoms with van der Waals surface area (Å²) in [6.07, 6.45) is 2.66. The molecular weight excluding hydrogens is 222 g/mol. The van der Waals surface area contributed by atoms with Gasteiger partial charge in [0.15, 0.2) is 0 Å². The Balaban J connectivity index is 1.62. The maximum atomic E-state index is 8.78. The summed E-state index contributed by atoms with van der Waals surface area (Å²) < 4.78 is 0. The van der Waals surface area contributed by atoms with Gasteiger partial charge in [-0.15, -0.1) is 0 Å². The Labute approximate surface area is 108 Å². The number of nitrogens with one attached hydrogen (secondary N) is 1. The highest BCUT2D eigenvalue weighted by molar-refractivity contribution is 5.31. The highest BCUT2D eigenvalue weighted by atomic mass is 15.2. The molecular formula is C15H19N3. The molecule has 1 atom stereocenters. The van der Waals surface area contributed by atoms with E-state index in [1.807, 2.05) is 12.1 Å². The zero-order valence-corrected chi connectivity index (χ0v) is 10.7. The maximum Gasteiger partial charge on any atom is 0.0991 e. The Morgan fingerprint density at radius 3 is 2.78 bits per heavy atom. The molecule has 1 unspecified atom stereocenters. The fourth-order valence-corrected chi connectivity index (χ4v) is 3.25. The number of nitrogens with zero attached hydrogens (tertiary/aromatic N) is 2. The van der Waals surface area contributed by atoms with Crippen molar-refractivity contribution in [3.63, 3.8) is 0 Å². The fourth-order valence-electron chi connectivity index (χ4n) is 3.25. The van der Waals surface area contributed by atoms with Crippen LogP contribution in [-0.2, 0) is 6.54 Å². The molecule has 0 aliphatic carbocycles. The average Bonchev–Trinajstić information content (AvgIpc) is 3.02. The van der Waals surface area contributed by atoms with Crippen LogP contribution in [0.4, 0.5) is 0 Å². The molecule has 1 aromatic carbocycles. The smallest absolute Gasteiger partial charge is 0.0991 e. The second-order valence-corrected chi connectivity index (χ2v) is 5.70. The van der Waals surface area contributed by atoms with Crippen LogP contribution in [0, 0.1) is 16.7 Å². The molecule has 0 radical (unpaired) electrons. The molecule has 2 fully saturated rings. The van der Waals surface area contributed by atoms with E-state index in [2.05, 4.69) is 28.4 Å². The van der Waals surface area contributed by atoms with Crippen LogP contribution >= 0.6 is 0 Å². The highest BCUT2D eigenvalue weighted by Crippen LogP contribution is 2.36. The monoisotopic (exact) mass is 241 g/mol. The number of likely N-dealkylation sites (tertiary alicyclic amines) is 1. The van der Waals surface area contributed by atoms with Gasteiger partial charge < -0.3 is 5.32 Å². The summed E-state index contributed by atoms with van der Waals surface area (Å²) in [5.74, 6) is 0. The van der Waals surface area contributed by atoms with Crippen molar-refractivity contribution in [3.8, 4) is 6.07 Å². The van der Waals surface area contributed by atoms with E-state index in [-0.39, 0.29) is 0 Å². The van der Waals surface area contributed by atoms with Crippen molar-refractivity contribution in [2.75, 3.05) is 26.2 Å². The summed E-state index contributed by atoms with van der Waals surface area (Å²) in [4.78, 5) is 2.55. The first kappa shape index (κ1) is 11.7. The van der Waals surface area contributed by atoms with Gasteiger partial charge in [-0.25, -0.2) is 0 Å². The molecule has 0 saturated carbocycles. The van der Waals surface area contributed by atoms with E-state index in [0.717, 1.165) is 12.1 Å². The van der Waals surface area contributed by atoms with E-state index in [1.54, 1.807) is 0 Å². The van der Waals surface area contributed by atoms with E-state index >= 15 is 0 Å². The Morgan fingerprint density at radius 2 is 2.11 bits per heavy atom. The molecule has 1 N–H and O–H groups in total. The van der Waals surface area contributed by atoms with E-state index in [1.165, 1.54) is 44.6 Å². The van der Waals surface area contributed by atoms with Crippen LogP contribution in [-0.4, -0.2) is 31.1 Å². The summed E-state index contributed by atoms with van der Waals surface area (Å²) in [6, 6.07) is 10.2. The number of rotatable bonds is 2. The van der Waals surface area contributed by atoms with Crippen LogP contribution in [0.25, 0.3) is 0 Å². The van der Waals surface area contributed by atoms with Crippen molar-refractivity contribution in [2.45, 2.75) is 19.4 Å². The van der Waals surface area contributed by atoms with Crippen LogP contribution in [0.15, 0.2) is 24.3 Å². The lowest BCUT2D eigenvalue weighted by molar-refractivity contribution is 0.268. The van der Waals surface area contributed by atoms with Crippen molar-refractivity contribution in [1.82, 2.24) is 10.2 Å². The molecule has 94 valence electrons. The molecule has 1 spiro atoms. The van der Waals surface area contributed by atoms with Gasteiger partial charge in [-0.3, -0.25) is 4.90 Å². The van der Waals surface area contributed by atoms with Crippen LogP contribution in [0.3, 0.4) is 0 Å². The zero-order chi connectivity index (χ0) is 12.4. The number of nitriles is 1. The predicted molar refractivity (Wildman–Crippen MR) is 71.0 cm³/mol. The van der Waals surface area contributed by atoms with Gasteiger partial charge >= 0.3 is 0 Å². The first-order valence-electron chi connectivity index (χ1n) is 6.72. The molecule has 3 heteroatoms. The van der Waals surface area contributed by atoms with Gasteiger partial charge in [0.1, 0.15) is 0 Å². The standard InChI is InChI=1S/C15H19N3/c16-9-13-1-3-14(4-2-13)10-18-8-6-15(12-18)5-7-17-11-15/h1-4,17H,5-8,10-12H2. The number of benzene rings is 1. The van der Waals surface area contributed by atoms with Crippen molar-refractivity contribution < 1.29 is 0 Å². The highest BCUT2D eigenvalue weighted by Gasteiger charge is 2.39. The fraction of sp³-hybridized carbons (Fsp3) is 0.533. The van der Waals surface area contributed by atoms with E-state index in [4.69, 9.17) is 5.26 Å². The third kappa shape index (κ3) is 2.27. The van der Waals surface area contributed by atoms with Gasteiger partial charge in [0.2, 0.25) is 0 Å². The van der Waals surface area contributed by atoms with E-state index in [0.29, 0.717) is 5.41 Å². The van der Waals surface area contributed by atoms with E-state index < -0.39 is 0 Å². The van der Waals surface area contributed by atoms with Gasteiger partial charge in [-0.1, -0.05) is 12.1 Å². The second kappa shape index (κ2) is 4.72. The molecule has 2 heterocycles. The summed E-state index contributed by atoms with van der Waals surface area (Å²) in [6.45, 7) is 5.83. The van der Waals surface area contributed by atoms with Gasteiger partial charge in [0.25, 0.3) is 0 Å². The summed E-state index contributed by atoms with van der Waals surface area (Å²) in [5, 5.41) is 12.3. The third-order valence-electron chi connectivity index (χ3n) is 4.34. The second-order valence-electron chi connectivity index (χ2n) is 5.70.